The zero-order chi connectivity index (χ0) is 14.8. The number of hydrogen-bond acceptors (Lipinski definition) is 4. The van der Waals surface area contributed by atoms with Gasteiger partial charge >= 0.3 is 6.18 Å². The second-order valence-electron chi connectivity index (χ2n) is 3.67. The average molecular weight is 301 g/mol. The molecule has 4 nitrogen and oxygen atoms in total. The SMILES string of the molecule is C=NN(c1ccccn1)c1ncc(C(F)(F)F)cc1Cl. The molecule has 0 spiro atoms. The van der Waals surface area contributed by atoms with Gasteiger partial charge in [0.25, 0.3) is 0 Å². The summed E-state index contributed by atoms with van der Waals surface area (Å²) in [5.74, 6) is 0.366. The van der Waals surface area contributed by atoms with Gasteiger partial charge in [-0.1, -0.05) is 17.7 Å². The van der Waals surface area contributed by atoms with Crippen LogP contribution in [0.3, 0.4) is 0 Å². The van der Waals surface area contributed by atoms with E-state index in [1.807, 2.05) is 0 Å². The highest BCUT2D eigenvalue weighted by atomic mass is 35.5. The molecule has 0 radical (unpaired) electrons. The molecule has 0 atom stereocenters. The Hall–Kier alpha value is -2.15. The lowest BCUT2D eigenvalue weighted by molar-refractivity contribution is -0.137. The fourth-order valence-electron chi connectivity index (χ4n) is 1.47. The van der Waals surface area contributed by atoms with Crippen molar-refractivity contribution >= 4 is 30.0 Å². The first-order chi connectivity index (χ1) is 9.43. The third-order valence-corrected chi connectivity index (χ3v) is 2.64. The molecular weight excluding hydrogens is 293 g/mol. The molecule has 2 heterocycles. The second kappa shape index (κ2) is 5.46. The van der Waals surface area contributed by atoms with Gasteiger partial charge in [0, 0.05) is 19.1 Å². The molecule has 0 unspecified atom stereocenters. The summed E-state index contributed by atoms with van der Waals surface area (Å²) in [6, 6.07) is 5.76. The van der Waals surface area contributed by atoms with E-state index in [2.05, 4.69) is 21.8 Å². The smallest absolute Gasteiger partial charge is 0.237 e. The minimum absolute atomic E-state index is 0.0216. The molecule has 0 bridgehead atoms. The van der Waals surface area contributed by atoms with Crippen LogP contribution in [0.5, 0.6) is 0 Å². The Kier molecular flexibility index (Phi) is 3.89. The molecule has 104 valence electrons. The fraction of sp³-hybridized carbons (Fsp3) is 0.0833. The summed E-state index contributed by atoms with van der Waals surface area (Å²) in [7, 11) is 0. The molecule has 0 amide bonds. The Balaban J connectivity index is 2.44. The van der Waals surface area contributed by atoms with Crippen molar-refractivity contribution in [2.45, 2.75) is 6.18 Å². The number of alkyl halides is 3. The minimum atomic E-state index is -4.51. The molecular formula is C12H8ClF3N4. The normalized spacial score (nSPS) is 11.2. The molecule has 20 heavy (non-hydrogen) atoms. The molecule has 2 aromatic rings. The Morgan fingerprint density at radius 2 is 2.00 bits per heavy atom. The maximum absolute atomic E-state index is 12.5. The third kappa shape index (κ3) is 2.88. The van der Waals surface area contributed by atoms with Crippen molar-refractivity contribution in [3.63, 3.8) is 0 Å². The van der Waals surface area contributed by atoms with Gasteiger partial charge < -0.3 is 0 Å². The highest BCUT2D eigenvalue weighted by Gasteiger charge is 2.32. The van der Waals surface area contributed by atoms with E-state index >= 15 is 0 Å². The summed E-state index contributed by atoms with van der Waals surface area (Å²) in [5, 5.41) is 4.63. The molecule has 2 aromatic heterocycles. The standard InChI is InChI=1S/C12H8ClF3N4/c1-17-20(10-4-2-3-5-18-10)11-9(13)6-8(7-19-11)12(14,15)16/h2-7H,1H2. The van der Waals surface area contributed by atoms with Gasteiger partial charge in [0.1, 0.15) is 0 Å². The molecule has 0 aliphatic rings. The van der Waals surface area contributed by atoms with Crippen LogP contribution < -0.4 is 5.01 Å². The average Bonchev–Trinajstić information content (AvgIpc) is 2.41. The van der Waals surface area contributed by atoms with Crippen LogP contribution in [0.15, 0.2) is 41.8 Å². The third-order valence-electron chi connectivity index (χ3n) is 2.36. The van der Waals surface area contributed by atoms with Gasteiger partial charge in [-0.2, -0.15) is 23.3 Å². The van der Waals surface area contributed by atoms with Crippen LogP contribution in [-0.4, -0.2) is 16.7 Å². The van der Waals surface area contributed by atoms with Crippen LogP contribution in [0.25, 0.3) is 0 Å². The van der Waals surface area contributed by atoms with Gasteiger partial charge in [-0.05, 0) is 18.2 Å². The molecule has 0 saturated heterocycles. The maximum Gasteiger partial charge on any atom is 0.417 e. The number of anilines is 2. The van der Waals surface area contributed by atoms with Crippen LogP contribution >= 0.6 is 11.6 Å². The summed E-state index contributed by atoms with van der Waals surface area (Å²) in [5.41, 5.74) is -0.934. The minimum Gasteiger partial charge on any atom is -0.237 e. The fourth-order valence-corrected chi connectivity index (χ4v) is 1.71. The topological polar surface area (TPSA) is 41.4 Å². The van der Waals surface area contributed by atoms with Crippen molar-refractivity contribution in [2.24, 2.45) is 5.10 Å². The van der Waals surface area contributed by atoms with Crippen LogP contribution in [0, 0.1) is 0 Å². The molecule has 0 aliphatic heterocycles. The predicted octanol–water partition coefficient (Wildman–Crippen LogP) is 3.90. The molecule has 0 N–H and O–H groups in total. The van der Waals surface area contributed by atoms with Crippen LogP contribution in [0.1, 0.15) is 5.56 Å². The zero-order valence-corrected chi connectivity index (χ0v) is 10.7. The van der Waals surface area contributed by atoms with E-state index in [0.717, 1.165) is 11.1 Å². The van der Waals surface area contributed by atoms with Crippen molar-refractivity contribution in [2.75, 3.05) is 5.01 Å². The first-order valence-corrected chi connectivity index (χ1v) is 5.72. The van der Waals surface area contributed by atoms with Crippen molar-refractivity contribution in [3.05, 3.63) is 47.2 Å². The number of hydrazone groups is 1. The monoisotopic (exact) mass is 300 g/mol. The number of halogens is 4. The number of aromatic nitrogens is 2. The van der Waals surface area contributed by atoms with Crippen LogP contribution in [-0.2, 0) is 6.18 Å². The Morgan fingerprint density at radius 1 is 1.25 bits per heavy atom. The van der Waals surface area contributed by atoms with Crippen molar-refractivity contribution in [1.82, 2.24) is 9.97 Å². The Labute approximate surface area is 117 Å². The van der Waals surface area contributed by atoms with Crippen LogP contribution in [0.2, 0.25) is 5.02 Å². The highest BCUT2D eigenvalue weighted by Crippen LogP contribution is 2.35. The molecule has 0 aliphatic carbocycles. The largest absolute Gasteiger partial charge is 0.417 e. The van der Waals surface area contributed by atoms with E-state index in [0.29, 0.717) is 12.0 Å². The lowest BCUT2D eigenvalue weighted by atomic mass is 10.2. The molecule has 0 aromatic carbocycles. The number of nitrogens with zero attached hydrogens (tertiary/aromatic N) is 4. The van der Waals surface area contributed by atoms with Crippen molar-refractivity contribution in [1.29, 1.82) is 0 Å². The van der Waals surface area contributed by atoms with Crippen molar-refractivity contribution in [3.8, 4) is 0 Å². The number of pyridine rings is 2. The van der Waals surface area contributed by atoms with Gasteiger partial charge in [-0.25, -0.2) is 9.97 Å². The summed E-state index contributed by atoms with van der Waals surface area (Å²) in [6.45, 7) is 3.34. The number of rotatable bonds is 3. The van der Waals surface area contributed by atoms with E-state index in [9.17, 15) is 13.2 Å². The molecule has 0 fully saturated rings. The molecule has 0 saturated carbocycles. The van der Waals surface area contributed by atoms with E-state index in [1.54, 1.807) is 18.2 Å². The molecule has 8 heteroatoms. The van der Waals surface area contributed by atoms with Crippen LogP contribution in [0.4, 0.5) is 24.8 Å². The zero-order valence-electron chi connectivity index (χ0n) is 9.97. The molecule has 2 rings (SSSR count). The second-order valence-corrected chi connectivity index (χ2v) is 4.08. The van der Waals surface area contributed by atoms with Crippen molar-refractivity contribution < 1.29 is 13.2 Å². The summed E-state index contributed by atoms with van der Waals surface area (Å²) in [4.78, 5) is 7.70. The quantitative estimate of drug-likeness (QED) is 0.637. The first-order valence-electron chi connectivity index (χ1n) is 5.34. The van der Waals surface area contributed by atoms with Gasteiger partial charge in [0.05, 0.1) is 10.6 Å². The van der Waals surface area contributed by atoms with E-state index in [1.165, 1.54) is 6.20 Å². The Morgan fingerprint density at radius 3 is 2.50 bits per heavy atom. The summed E-state index contributed by atoms with van der Waals surface area (Å²) in [6.07, 6.45) is -2.32. The lowest BCUT2D eigenvalue weighted by Gasteiger charge is -2.18. The van der Waals surface area contributed by atoms with Gasteiger partial charge in [-0.15, -0.1) is 0 Å². The van der Waals surface area contributed by atoms with Gasteiger partial charge in [0.15, 0.2) is 11.6 Å². The number of hydrogen-bond donors (Lipinski definition) is 0. The highest BCUT2D eigenvalue weighted by molar-refractivity contribution is 6.33. The summed E-state index contributed by atoms with van der Waals surface area (Å²) >= 11 is 5.84. The van der Waals surface area contributed by atoms with E-state index in [-0.39, 0.29) is 10.8 Å². The summed E-state index contributed by atoms with van der Waals surface area (Å²) < 4.78 is 37.6. The van der Waals surface area contributed by atoms with E-state index < -0.39 is 11.7 Å². The lowest BCUT2D eigenvalue weighted by Crippen LogP contribution is -2.13. The van der Waals surface area contributed by atoms with Gasteiger partial charge in [0.2, 0.25) is 0 Å². The maximum atomic E-state index is 12.5. The van der Waals surface area contributed by atoms with E-state index in [4.69, 9.17) is 11.6 Å². The van der Waals surface area contributed by atoms with Gasteiger partial charge in [-0.3, -0.25) is 0 Å². The first kappa shape index (κ1) is 14.3. The Bertz CT molecular complexity index is 616. The predicted molar refractivity (Wildman–Crippen MR) is 70.2 cm³/mol.